The number of allylic oxidation sites excluding steroid dienone is 1. The SMILES string of the molecule is C=CC[C@@]1(C)CCC(c2ccc(Cl)cc2)N(C(CCC)C2CC2)C1=O. The second-order valence-electron chi connectivity index (χ2n) is 8.07. The van der Waals surface area contributed by atoms with Crippen LogP contribution in [0.25, 0.3) is 0 Å². The van der Waals surface area contributed by atoms with Gasteiger partial charge in [0, 0.05) is 11.1 Å². The zero-order valence-corrected chi connectivity index (χ0v) is 16.3. The molecule has 1 aromatic carbocycles. The molecule has 3 atom stereocenters. The molecule has 3 heteroatoms. The summed E-state index contributed by atoms with van der Waals surface area (Å²) in [5, 5.41) is 0.751. The summed E-state index contributed by atoms with van der Waals surface area (Å²) in [6, 6.07) is 8.65. The minimum absolute atomic E-state index is 0.180. The molecule has 0 radical (unpaired) electrons. The molecule has 136 valence electrons. The van der Waals surface area contributed by atoms with Crippen LogP contribution in [-0.2, 0) is 4.79 Å². The molecular formula is C22H30ClNO. The number of likely N-dealkylation sites (tertiary alicyclic amines) is 1. The lowest BCUT2D eigenvalue weighted by atomic mass is 9.74. The van der Waals surface area contributed by atoms with Crippen molar-refractivity contribution in [3.63, 3.8) is 0 Å². The summed E-state index contributed by atoms with van der Waals surface area (Å²) >= 11 is 6.08. The maximum atomic E-state index is 13.6. The Kier molecular flexibility index (Phi) is 5.58. The van der Waals surface area contributed by atoms with Crippen LogP contribution in [0.4, 0.5) is 0 Å². The van der Waals surface area contributed by atoms with Gasteiger partial charge in [0.1, 0.15) is 0 Å². The van der Waals surface area contributed by atoms with Crippen molar-refractivity contribution in [1.29, 1.82) is 0 Å². The molecule has 3 rings (SSSR count). The lowest BCUT2D eigenvalue weighted by Gasteiger charge is -2.48. The van der Waals surface area contributed by atoms with Crippen molar-refractivity contribution >= 4 is 17.5 Å². The summed E-state index contributed by atoms with van der Waals surface area (Å²) in [4.78, 5) is 15.8. The highest BCUT2D eigenvalue weighted by atomic mass is 35.5. The van der Waals surface area contributed by atoms with Crippen LogP contribution >= 0.6 is 11.6 Å². The molecule has 1 aliphatic carbocycles. The minimum Gasteiger partial charge on any atom is -0.332 e. The van der Waals surface area contributed by atoms with Crippen LogP contribution in [0.1, 0.15) is 70.4 Å². The summed E-state index contributed by atoms with van der Waals surface area (Å²) in [6.07, 6.45) is 9.36. The first-order chi connectivity index (χ1) is 12.0. The van der Waals surface area contributed by atoms with Crippen molar-refractivity contribution in [2.75, 3.05) is 0 Å². The topological polar surface area (TPSA) is 20.3 Å². The van der Waals surface area contributed by atoms with E-state index in [2.05, 4.69) is 37.5 Å². The molecule has 1 saturated carbocycles. The van der Waals surface area contributed by atoms with E-state index in [0.29, 0.717) is 17.9 Å². The van der Waals surface area contributed by atoms with Crippen LogP contribution in [-0.4, -0.2) is 16.8 Å². The zero-order valence-electron chi connectivity index (χ0n) is 15.5. The summed E-state index contributed by atoms with van der Waals surface area (Å²) < 4.78 is 0. The Labute approximate surface area is 157 Å². The summed E-state index contributed by atoms with van der Waals surface area (Å²) in [5.74, 6) is 1.01. The van der Waals surface area contributed by atoms with Gasteiger partial charge in [-0.15, -0.1) is 6.58 Å². The summed E-state index contributed by atoms with van der Waals surface area (Å²) in [5.41, 5.74) is 0.922. The number of piperidine rings is 1. The van der Waals surface area contributed by atoms with Crippen LogP contribution in [0, 0.1) is 11.3 Å². The fourth-order valence-corrected chi connectivity index (χ4v) is 4.56. The van der Waals surface area contributed by atoms with Gasteiger partial charge in [0.05, 0.1) is 11.5 Å². The maximum absolute atomic E-state index is 13.6. The number of hydrogen-bond acceptors (Lipinski definition) is 1. The standard InChI is InChI=1S/C22H30ClNO/c1-4-6-19(16-7-8-16)24-20(17-9-11-18(23)12-10-17)13-15-22(3,14-5-2)21(24)25/h5,9-12,16,19-20H,2,4,6-8,13-15H2,1,3H3/t19?,20?,22-/m0/s1. The fraction of sp³-hybridized carbons (Fsp3) is 0.591. The largest absolute Gasteiger partial charge is 0.332 e. The molecule has 2 nitrogen and oxygen atoms in total. The van der Waals surface area contributed by atoms with Gasteiger partial charge in [-0.05, 0) is 62.1 Å². The number of halogens is 1. The van der Waals surface area contributed by atoms with Gasteiger partial charge < -0.3 is 4.90 Å². The quantitative estimate of drug-likeness (QED) is 0.533. The fourth-order valence-electron chi connectivity index (χ4n) is 4.44. The summed E-state index contributed by atoms with van der Waals surface area (Å²) in [6.45, 7) is 8.24. The van der Waals surface area contributed by atoms with Crippen LogP contribution in [0.5, 0.6) is 0 Å². The number of carbonyl (C=O) groups excluding carboxylic acids is 1. The highest BCUT2D eigenvalue weighted by molar-refractivity contribution is 6.30. The molecule has 2 fully saturated rings. The van der Waals surface area contributed by atoms with Gasteiger partial charge in [-0.1, -0.05) is 50.1 Å². The number of rotatable bonds is 7. The van der Waals surface area contributed by atoms with Gasteiger partial charge in [-0.25, -0.2) is 0 Å². The van der Waals surface area contributed by atoms with Crippen molar-refractivity contribution < 1.29 is 4.79 Å². The Hall–Kier alpha value is -1.28. The molecule has 1 heterocycles. The maximum Gasteiger partial charge on any atom is 0.229 e. The van der Waals surface area contributed by atoms with Crippen LogP contribution in [0.3, 0.4) is 0 Å². The van der Waals surface area contributed by atoms with E-state index in [1.807, 2.05) is 18.2 Å². The lowest BCUT2D eigenvalue weighted by Crippen LogP contribution is -2.53. The predicted molar refractivity (Wildman–Crippen MR) is 105 cm³/mol. The molecule has 0 aromatic heterocycles. The molecule has 1 amide bonds. The molecule has 1 aromatic rings. The number of carbonyl (C=O) groups is 1. The van der Waals surface area contributed by atoms with E-state index < -0.39 is 0 Å². The van der Waals surface area contributed by atoms with Crippen LogP contribution < -0.4 is 0 Å². The second-order valence-corrected chi connectivity index (χ2v) is 8.50. The van der Waals surface area contributed by atoms with E-state index in [9.17, 15) is 4.79 Å². The Bertz CT molecular complexity index is 621. The van der Waals surface area contributed by atoms with E-state index in [4.69, 9.17) is 11.6 Å². The minimum atomic E-state index is -0.300. The van der Waals surface area contributed by atoms with E-state index in [1.165, 1.54) is 18.4 Å². The smallest absolute Gasteiger partial charge is 0.229 e. The van der Waals surface area contributed by atoms with E-state index in [0.717, 1.165) is 37.1 Å². The molecule has 0 spiro atoms. The highest BCUT2D eigenvalue weighted by Crippen LogP contribution is 2.48. The predicted octanol–water partition coefficient (Wildman–Crippen LogP) is 6.16. The number of nitrogens with zero attached hydrogens (tertiary/aromatic N) is 1. The van der Waals surface area contributed by atoms with Gasteiger partial charge >= 0.3 is 0 Å². The molecule has 0 bridgehead atoms. The van der Waals surface area contributed by atoms with Gasteiger partial charge in [0.2, 0.25) is 5.91 Å². The van der Waals surface area contributed by atoms with Gasteiger partial charge in [-0.3, -0.25) is 4.79 Å². The first-order valence-electron chi connectivity index (χ1n) is 9.69. The third-order valence-corrected chi connectivity index (χ3v) is 6.27. The molecule has 1 saturated heterocycles. The highest BCUT2D eigenvalue weighted by Gasteiger charge is 2.48. The van der Waals surface area contributed by atoms with E-state index in [1.54, 1.807) is 0 Å². The normalized spacial score (nSPS) is 28.0. The number of amides is 1. The third-order valence-electron chi connectivity index (χ3n) is 6.01. The van der Waals surface area contributed by atoms with Crippen molar-refractivity contribution in [1.82, 2.24) is 4.90 Å². The van der Waals surface area contributed by atoms with Gasteiger partial charge in [0.15, 0.2) is 0 Å². The Morgan fingerprint density at radius 2 is 2.00 bits per heavy atom. The Morgan fingerprint density at radius 1 is 1.32 bits per heavy atom. The molecule has 2 unspecified atom stereocenters. The Morgan fingerprint density at radius 3 is 2.56 bits per heavy atom. The molecule has 25 heavy (non-hydrogen) atoms. The van der Waals surface area contributed by atoms with Crippen LogP contribution in [0.15, 0.2) is 36.9 Å². The van der Waals surface area contributed by atoms with Crippen molar-refractivity contribution in [3.05, 3.63) is 47.5 Å². The van der Waals surface area contributed by atoms with E-state index >= 15 is 0 Å². The number of benzene rings is 1. The zero-order chi connectivity index (χ0) is 18.0. The number of hydrogen-bond donors (Lipinski definition) is 0. The first-order valence-corrected chi connectivity index (χ1v) is 10.1. The van der Waals surface area contributed by atoms with E-state index in [-0.39, 0.29) is 11.5 Å². The average molecular weight is 360 g/mol. The monoisotopic (exact) mass is 359 g/mol. The molecular weight excluding hydrogens is 330 g/mol. The Balaban J connectivity index is 1.96. The molecule has 1 aliphatic heterocycles. The van der Waals surface area contributed by atoms with Crippen LogP contribution in [0.2, 0.25) is 5.02 Å². The van der Waals surface area contributed by atoms with Crippen molar-refractivity contribution in [2.45, 2.75) is 70.9 Å². The lowest BCUT2D eigenvalue weighted by molar-refractivity contribution is -0.153. The summed E-state index contributed by atoms with van der Waals surface area (Å²) in [7, 11) is 0. The molecule has 0 N–H and O–H groups in total. The van der Waals surface area contributed by atoms with Crippen molar-refractivity contribution in [2.24, 2.45) is 11.3 Å². The average Bonchev–Trinajstić information content (AvgIpc) is 3.42. The van der Waals surface area contributed by atoms with Crippen molar-refractivity contribution in [3.8, 4) is 0 Å². The molecule has 2 aliphatic rings. The third kappa shape index (κ3) is 3.79. The van der Waals surface area contributed by atoms with Gasteiger partial charge in [0.25, 0.3) is 0 Å². The van der Waals surface area contributed by atoms with Gasteiger partial charge in [-0.2, -0.15) is 0 Å². The first kappa shape index (κ1) is 18.5. The second kappa shape index (κ2) is 7.53.